The fourth-order valence-electron chi connectivity index (χ4n) is 1.30. The summed E-state index contributed by atoms with van der Waals surface area (Å²) in [7, 11) is 1.83. The molecular weight excluding hydrogens is 304 g/mol. The quantitative estimate of drug-likeness (QED) is 0.588. The smallest absolute Gasteiger partial charge is 0.328 e. The maximum Gasteiger partial charge on any atom is 0.328 e. The van der Waals surface area contributed by atoms with Gasteiger partial charge in [-0.15, -0.1) is 0 Å². The molecular formula is C10H15BrN4O3. The molecule has 0 saturated carbocycles. The van der Waals surface area contributed by atoms with Crippen molar-refractivity contribution in [2.24, 2.45) is 0 Å². The van der Waals surface area contributed by atoms with Crippen LogP contribution in [0.1, 0.15) is 6.42 Å². The number of rotatable bonds is 6. The molecule has 0 bridgehead atoms. The van der Waals surface area contributed by atoms with E-state index in [1.165, 1.54) is 6.20 Å². The van der Waals surface area contributed by atoms with Crippen molar-refractivity contribution in [1.82, 2.24) is 20.2 Å². The van der Waals surface area contributed by atoms with Gasteiger partial charge in [-0.25, -0.2) is 4.79 Å². The van der Waals surface area contributed by atoms with Crippen LogP contribution in [0.3, 0.4) is 0 Å². The summed E-state index contributed by atoms with van der Waals surface area (Å²) in [5, 5.41) is 5.64. The van der Waals surface area contributed by atoms with E-state index in [1.54, 1.807) is 0 Å². The van der Waals surface area contributed by atoms with Crippen molar-refractivity contribution >= 4 is 21.8 Å². The Morgan fingerprint density at radius 1 is 1.44 bits per heavy atom. The molecule has 0 aromatic carbocycles. The van der Waals surface area contributed by atoms with Crippen LogP contribution in [0.25, 0.3) is 0 Å². The average molecular weight is 319 g/mol. The van der Waals surface area contributed by atoms with E-state index in [4.69, 9.17) is 0 Å². The Balaban J connectivity index is 2.57. The normalized spacial score (nSPS) is 10.3. The van der Waals surface area contributed by atoms with Crippen LogP contribution < -0.4 is 21.9 Å². The van der Waals surface area contributed by atoms with Crippen molar-refractivity contribution in [1.29, 1.82) is 0 Å². The van der Waals surface area contributed by atoms with Gasteiger partial charge in [-0.05, 0) is 35.9 Å². The molecule has 0 saturated heterocycles. The molecule has 0 radical (unpaired) electrons. The number of nitrogens with zero attached hydrogens (tertiary/aromatic N) is 1. The summed E-state index contributed by atoms with van der Waals surface area (Å²) in [6.07, 6.45) is 2.11. The summed E-state index contributed by atoms with van der Waals surface area (Å²) in [6.45, 7) is 1.23. The summed E-state index contributed by atoms with van der Waals surface area (Å²) in [5.74, 6) is -0.271. The van der Waals surface area contributed by atoms with Gasteiger partial charge in [0.25, 0.3) is 5.56 Å². The number of aromatic nitrogens is 2. The molecule has 0 atom stereocenters. The van der Waals surface area contributed by atoms with E-state index < -0.39 is 11.2 Å². The molecule has 1 heterocycles. The highest BCUT2D eigenvalue weighted by Gasteiger charge is 2.06. The number of hydrogen-bond donors (Lipinski definition) is 3. The van der Waals surface area contributed by atoms with Crippen molar-refractivity contribution in [2.45, 2.75) is 13.0 Å². The predicted octanol–water partition coefficient (Wildman–Crippen LogP) is -0.975. The molecule has 100 valence electrons. The maximum atomic E-state index is 11.5. The van der Waals surface area contributed by atoms with Crippen LogP contribution >= 0.6 is 15.9 Å². The Morgan fingerprint density at radius 3 is 2.83 bits per heavy atom. The van der Waals surface area contributed by atoms with E-state index in [-0.39, 0.29) is 16.9 Å². The van der Waals surface area contributed by atoms with Gasteiger partial charge in [-0.3, -0.25) is 19.1 Å². The van der Waals surface area contributed by atoms with Gasteiger partial charge < -0.3 is 10.6 Å². The highest BCUT2D eigenvalue weighted by atomic mass is 79.9. The maximum absolute atomic E-state index is 11.5. The van der Waals surface area contributed by atoms with E-state index in [2.05, 4.69) is 31.5 Å². The molecule has 0 aliphatic rings. The lowest BCUT2D eigenvalue weighted by Gasteiger charge is -2.07. The third-order valence-corrected chi connectivity index (χ3v) is 2.77. The minimum Gasteiger partial charge on any atom is -0.355 e. The van der Waals surface area contributed by atoms with Crippen molar-refractivity contribution in [3.63, 3.8) is 0 Å². The molecule has 1 aromatic heterocycles. The monoisotopic (exact) mass is 318 g/mol. The predicted molar refractivity (Wildman–Crippen MR) is 70.6 cm³/mol. The van der Waals surface area contributed by atoms with Crippen LogP contribution in [0.2, 0.25) is 0 Å². The molecule has 0 spiro atoms. The summed E-state index contributed by atoms with van der Waals surface area (Å²) in [5.41, 5.74) is -1.11. The Morgan fingerprint density at radius 2 is 2.17 bits per heavy atom. The summed E-state index contributed by atoms with van der Waals surface area (Å²) < 4.78 is 1.35. The number of nitrogens with one attached hydrogen (secondary N) is 3. The van der Waals surface area contributed by atoms with Gasteiger partial charge in [0.15, 0.2) is 0 Å². The number of carbonyl (C=O) groups excluding carboxylic acids is 1. The standard InChI is InChI=1S/C10H15BrN4O3/c1-12-3-2-4-13-8(16)6-15-5-7(11)9(17)14-10(15)18/h5,12H,2-4,6H2,1H3,(H,13,16)(H,14,17,18). The largest absolute Gasteiger partial charge is 0.355 e. The van der Waals surface area contributed by atoms with Crippen LogP contribution in [0.5, 0.6) is 0 Å². The average Bonchev–Trinajstić information content (AvgIpc) is 2.32. The highest BCUT2D eigenvalue weighted by Crippen LogP contribution is 1.97. The van der Waals surface area contributed by atoms with Gasteiger partial charge in [0.05, 0.1) is 4.47 Å². The van der Waals surface area contributed by atoms with E-state index in [1.807, 2.05) is 7.05 Å². The lowest BCUT2D eigenvalue weighted by molar-refractivity contribution is -0.121. The minimum absolute atomic E-state index is 0.117. The van der Waals surface area contributed by atoms with Gasteiger partial charge >= 0.3 is 5.69 Å². The Bertz CT molecular complexity index is 523. The van der Waals surface area contributed by atoms with E-state index in [9.17, 15) is 14.4 Å². The van der Waals surface area contributed by atoms with Crippen LogP contribution in [0, 0.1) is 0 Å². The van der Waals surface area contributed by atoms with Gasteiger partial charge in [-0.2, -0.15) is 0 Å². The van der Waals surface area contributed by atoms with Crippen molar-refractivity contribution < 1.29 is 4.79 Å². The molecule has 1 rings (SSSR count). The summed E-state index contributed by atoms with van der Waals surface area (Å²) in [4.78, 5) is 36.1. The first kappa shape index (κ1) is 14.7. The number of carbonyl (C=O) groups is 1. The van der Waals surface area contributed by atoms with Gasteiger partial charge in [0.2, 0.25) is 5.91 Å². The first-order valence-electron chi connectivity index (χ1n) is 5.45. The summed E-state index contributed by atoms with van der Waals surface area (Å²) >= 11 is 3.00. The fourth-order valence-corrected chi connectivity index (χ4v) is 1.65. The van der Waals surface area contributed by atoms with Crippen molar-refractivity contribution in [2.75, 3.05) is 20.1 Å². The first-order valence-corrected chi connectivity index (χ1v) is 6.24. The summed E-state index contributed by atoms with van der Waals surface area (Å²) in [6, 6.07) is 0. The number of hydrogen-bond acceptors (Lipinski definition) is 4. The molecule has 0 aliphatic carbocycles. The highest BCUT2D eigenvalue weighted by molar-refractivity contribution is 9.10. The number of aromatic amines is 1. The zero-order valence-corrected chi connectivity index (χ0v) is 11.5. The Labute approximate surface area is 112 Å². The minimum atomic E-state index is -0.603. The zero-order valence-electron chi connectivity index (χ0n) is 9.96. The first-order chi connectivity index (χ1) is 8.54. The van der Waals surface area contributed by atoms with Gasteiger partial charge in [-0.1, -0.05) is 0 Å². The lowest BCUT2D eigenvalue weighted by Crippen LogP contribution is -2.36. The number of amides is 1. The van der Waals surface area contributed by atoms with E-state index in [0.717, 1.165) is 17.5 Å². The second-order valence-electron chi connectivity index (χ2n) is 3.67. The molecule has 8 heteroatoms. The van der Waals surface area contributed by atoms with Crippen LogP contribution in [-0.2, 0) is 11.3 Å². The Hall–Kier alpha value is -1.41. The Kier molecular flexibility index (Phi) is 5.79. The van der Waals surface area contributed by atoms with Crippen LogP contribution in [0.4, 0.5) is 0 Å². The second-order valence-corrected chi connectivity index (χ2v) is 4.53. The third-order valence-electron chi connectivity index (χ3n) is 2.21. The van der Waals surface area contributed by atoms with Crippen molar-refractivity contribution in [3.05, 3.63) is 31.5 Å². The molecule has 0 aliphatic heterocycles. The van der Waals surface area contributed by atoms with Gasteiger partial charge in [0, 0.05) is 12.7 Å². The molecule has 7 nitrogen and oxygen atoms in total. The van der Waals surface area contributed by atoms with E-state index >= 15 is 0 Å². The molecule has 1 aromatic rings. The molecule has 1 amide bonds. The molecule has 0 fully saturated rings. The fraction of sp³-hybridized carbons (Fsp3) is 0.500. The third kappa shape index (κ3) is 4.46. The SMILES string of the molecule is CNCCCNC(=O)Cn1cc(Br)c(=O)[nH]c1=O. The lowest BCUT2D eigenvalue weighted by atomic mass is 10.4. The van der Waals surface area contributed by atoms with Gasteiger partial charge in [0.1, 0.15) is 6.54 Å². The second kappa shape index (κ2) is 7.12. The van der Waals surface area contributed by atoms with Crippen LogP contribution in [0.15, 0.2) is 20.3 Å². The molecule has 3 N–H and O–H groups in total. The number of halogens is 1. The topological polar surface area (TPSA) is 96.0 Å². The zero-order chi connectivity index (χ0) is 13.5. The van der Waals surface area contributed by atoms with Crippen molar-refractivity contribution in [3.8, 4) is 0 Å². The molecule has 18 heavy (non-hydrogen) atoms. The number of H-pyrrole nitrogens is 1. The van der Waals surface area contributed by atoms with Crippen LogP contribution in [-0.4, -0.2) is 35.6 Å². The molecule has 0 unspecified atom stereocenters. The van der Waals surface area contributed by atoms with E-state index in [0.29, 0.717) is 6.54 Å².